The van der Waals surface area contributed by atoms with Crippen LogP contribution in [0.15, 0.2) is 41.1 Å². The summed E-state index contributed by atoms with van der Waals surface area (Å²) in [5, 5.41) is 3.96. The first kappa shape index (κ1) is 17.2. The number of hydrogen-bond donors (Lipinski definition) is 0. The number of carbonyl (C=O) groups is 1. The van der Waals surface area contributed by atoms with Crippen LogP contribution in [0.2, 0.25) is 0 Å². The van der Waals surface area contributed by atoms with Gasteiger partial charge in [-0.05, 0) is 38.1 Å². The van der Waals surface area contributed by atoms with Crippen LogP contribution in [0.25, 0.3) is 11.1 Å². The van der Waals surface area contributed by atoms with E-state index in [0.29, 0.717) is 52.9 Å². The smallest absolute Gasteiger partial charge is 0.233 e. The van der Waals surface area contributed by atoms with Gasteiger partial charge in [-0.25, -0.2) is 4.39 Å². The summed E-state index contributed by atoms with van der Waals surface area (Å²) in [5.41, 5.74) is 3.35. The minimum Gasteiger partial charge on any atom is -0.493 e. The molecule has 0 saturated carbocycles. The second kappa shape index (κ2) is 6.83. The molecule has 1 aromatic carbocycles. The Bertz CT molecular complexity index is 1020. The molecule has 1 aliphatic rings. The summed E-state index contributed by atoms with van der Waals surface area (Å²) in [5.74, 6) is 0.841. The number of hydrogen-bond acceptors (Lipinski definition) is 5. The van der Waals surface area contributed by atoms with Crippen molar-refractivity contribution in [3.05, 3.63) is 59.5 Å². The van der Waals surface area contributed by atoms with Crippen LogP contribution in [0.1, 0.15) is 24.1 Å². The molecule has 0 fully saturated rings. The van der Waals surface area contributed by atoms with Gasteiger partial charge in [-0.15, -0.1) is 0 Å². The van der Waals surface area contributed by atoms with Gasteiger partial charge in [-0.3, -0.25) is 9.78 Å². The molecule has 3 aromatic rings. The van der Waals surface area contributed by atoms with E-state index in [1.807, 2.05) is 13.0 Å². The summed E-state index contributed by atoms with van der Waals surface area (Å²) in [7, 11) is 0. The lowest BCUT2D eigenvalue weighted by atomic mass is 10.0. The molecule has 0 atom stereocenters. The van der Waals surface area contributed by atoms with Gasteiger partial charge in [-0.1, -0.05) is 5.16 Å². The van der Waals surface area contributed by atoms with Gasteiger partial charge in [0.25, 0.3) is 0 Å². The van der Waals surface area contributed by atoms with E-state index in [2.05, 4.69) is 10.1 Å². The molecule has 0 aliphatic carbocycles. The maximum absolute atomic E-state index is 13.8. The number of aromatic nitrogens is 2. The lowest BCUT2D eigenvalue weighted by Gasteiger charge is -2.17. The molecule has 138 valence electrons. The largest absolute Gasteiger partial charge is 0.493 e. The van der Waals surface area contributed by atoms with Crippen LogP contribution in [0.5, 0.6) is 5.75 Å². The third kappa shape index (κ3) is 3.28. The van der Waals surface area contributed by atoms with Gasteiger partial charge in [0.05, 0.1) is 31.0 Å². The first-order valence-electron chi connectivity index (χ1n) is 8.69. The molecule has 6 nitrogen and oxygen atoms in total. The van der Waals surface area contributed by atoms with Crippen LogP contribution >= 0.6 is 0 Å². The number of nitrogens with zero attached hydrogens (tertiary/aromatic N) is 3. The van der Waals surface area contributed by atoms with E-state index in [9.17, 15) is 9.18 Å². The van der Waals surface area contributed by atoms with Gasteiger partial charge in [0.1, 0.15) is 23.0 Å². The van der Waals surface area contributed by atoms with E-state index < -0.39 is 0 Å². The SMILES string of the molecule is CCOc1ccc(F)cc1-c1cnc2c(c1)N(Cc1cc(C)on1)C(=O)C2. The second-order valence-corrected chi connectivity index (χ2v) is 6.35. The number of pyridine rings is 1. The van der Waals surface area contributed by atoms with Gasteiger partial charge >= 0.3 is 0 Å². The fraction of sp³-hybridized carbons (Fsp3) is 0.250. The zero-order chi connectivity index (χ0) is 19.0. The minimum atomic E-state index is -0.361. The maximum Gasteiger partial charge on any atom is 0.233 e. The molecular weight excluding hydrogens is 349 g/mol. The summed E-state index contributed by atoms with van der Waals surface area (Å²) >= 11 is 0. The zero-order valence-electron chi connectivity index (χ0n) is 15.0. The van der Waals surface area contributed by atoms with Crippen molar-refractivity contribution < 1.29 is 18.4 Å². The topological polar surface area (TPSA) is 68.5 Å². The highest BCUT2D eigenvalue weighted by Crippen LogP contribution is 2.36. The average Bonchev–Trinajstić information content (AvgIpc) is 3.20. The molecule has 1 aliphatic heterocycles. The molecule has 0 spiro atoms. The van der Waals surface area contributed by atoms with Gasteiger partial charge in [-0.2, -0.15) is 0 Å². The van der Waals surface area contributed by atoms with Crippen molar-refractivity contribution in [3.8, 4) is 16.9 Å². The quantitative estimate of drug-likeness (QED) is 0.688. The summed E-state index contributed by atoms with van der Waals surface area (Å²) in [6.45, 7) is 4.44. The second-order valence-electron chi connectivity index (χ2n) is 6.35. The van der Waals surface area contributed by atoms with E-state index in [1.165, 1.54) is 12.1 Å². The Labute approximate surface area is 155 Å². The van der Waals surface area contributed by atoms with Crippen molar-refractivity contribution in [1.82, 2.24) is 10.1 Å². The predicted octanol–water partition coefficient (Wildman–Crippen LogP) is 3.67. The van der Waals surface area contributed by atoms with Crippen LogP contribution < -0.4 is 9.64 Å². The molecule has 0 unspecified atom stereocenters. The lowest BCUT2D eigenvalue weighted by molar-refractivity contribution is -0.117. The first-order valence-corrected chi connectivity index (χ1v) is 8.69. The number of amides is 1. The lowest BCUT2D eigenvalue weighted by Crippen LogP contribution is -2.26. The number of halogens is 1. The van der Waals surface area contributed by atoms with Crippen molar-refractivity contribution in [1.29, 1.82) is 0 Å². The van der Waals surface area contributed by atoms with Crippen molar-refractivity contribution in [2.24, 2.45) is 0 Å². The Balaban J connectivity index is 1.73. The Morgan fingerprint density at radius 3 is 2.89 bits per heavy atom. The standard InChI is InChI=1S/C20H18FN3O3/c1-3-26-19-5-4-14(21)8-16(19)13-7-18-17(22-10-13)9-20(25)24(18)11-15-6-12(2)27-23-15/h4-8,10H,3,9,11H2,1-2H3. The van der Waals surface area contributed by atoms with Gasteiger partial charge < -0.3 is 14.2 Å². The van der Waals surface area contributed by atoms with Crippen molar-refractivity contribution in [2.45, 2.75) is 26.8 Å². The fourth-order valence-corrected chi connectivity index (χ4v) is 3.21. The number of ether oxygens (including phenoxy) is 1. The van der Waals surface area contributed by atoms with E-state index in [0.717, 1.165) is 0 Å². The summed E-state index contributed by atoms with van der Waals surface area (Å²) in [6.07, 6.45) is 1.88. The van der Waals surface area contributed by atoms with E-state index >= 15 is 0 Å². The molecule has 0 bridgehead atoms. The van der Waals surface area contributed by atoms with Crippen molar-refractivity contribution in [2.75, 3.05) is 11.5 Å². The van der Waals surface area contributed by atoms with Crippen molar-refractivity contribution in [3.63, 3.8) is 0 Å². The number of aryl methyl sites for hydroxylation is 1. The molecule has 0 N–H and O–H groups in total. The van der Waals surface area contributed by atoms with Crippen LogP contribution in [0, 0.1) is 12.7 Å². The van der Waals surface area contributed by atoms with Gasteiger partial charge in [0, 0.05) is 23.4 Å². The number of rotatable bonds is 5. The molecular formula is C20H18FN3O3. The van der Waals surface area contributed by atoms with E-state index in [4.69, 9.17) is 9.26 Å². The molecule has 27 heavy (non-hydrogen) atoms. The normalized spacial score (nSPS) is 13.1. The average molecular weight is 367 g/mol. The number of benzene rings is 1. The molecule has 0 radical (unpaired) electrons. The molecule has 7 heteroatoms. The highest BCUT2D eigenvalue weighted by molar-refractivity contribution is 6.01. The summed E-state index contributed by atoms with van der Waals surface area (Å²) < 4.78 is 24.5. The molecule has 1 amide bonds. The Morgan fingerprint density at radius 1 is 1.30 bits per heavy atom. The third-order valence-electron chi connectivity index (χ3n) is 4.41. The monoisotopic (exact) mass is 367 g/mol. The van der Waals surface area contributed by atoms with Crippen LogP contribution in [-0.2, 0) is 17.8 Å². The highest BCUT2D eigenvalue weighted by atomic mass is 19.1. The number of fused-ring (bicyclic) bond motifs is 1. The third-order valence-corrected chi connectivity index (χ3v) is 4.41. The Morgan fingerprint density at radius 2 is 2.15 bits per heavy atom. The molecule has 4 rings (SSSR count). The van der Waals surface area contributed by atoms with Crippen LogP contribution in [0.3, 0.4) is 0 Å². The van der Waals surface area contributed by atoms with Gasteiger partial charge in [0.2, 0.25) is 5.91 Å². The highest BCUT2D eigenvalue weighted by Gasteiger charge is 2.30. The summed E-state index contributed by atoms with van der Waals surface area (Å²) in [6, 6.07) is 8.01. The fourth-order valence-electron chi connectivity index (χ4n) is 3.21. The minimum absolute atomic E-state index is 0.0559. The zero-order valence-corrected chi connectivity index (χ0v) is 15.0. The predicted molar refractivity (Wildman–Crippen MR) is 96.9 cm³/mol. The Kier molecular flexibility index (Phi) is 4.35. The molecule has 3 heterocycles. The first-order chi connectivity index (χ1) is 13.0. The number of carbonyl (C=O) groups excluding carboxylic acids is 1. The van der Waals surface area contributed by atoms with Crippen LogP contribution in [0.4, 0.5) is 10.1 Å². The maximum atomic E-state index is 13.8. The van der Waals surface area contributed by atoms with E-state index in [-0.39, 0.29) is 18.1 Å². The Hall–Kier alpha value is -3.22. The van der Waals surface area contributed by atoms with Gasteiger partial charge in [0.15, 0.2) is 0 Å². The number of anilines is 1. The summed E-state index contributed by atoms with van der Waals surface area (Å²) in [4.78, 5) is 18.5. The van der Waals surface area contributed by atoms with Crippen LogP contribution in [-0.4, -0.2) is 22.7 Å². The molecule has 2 aromatic heterocycles. The van der Waals surface area contributed by atoms with Crippen molar-refractivity contribution >= 4 is 11.6 Å². The van der Waals surface area contributed by atoms with E-state index in [1.54, 1.807) is 30.2 Å². The molecule has 0 saturated heterocycles.